The molecule has 0 fully saturated rings. The van der Waals surface area contributed by atoms with Crippen molar-refractivity contribution >= 4 is 11.5 Å². The summed E-state index contributed by atoms with van der Waals surface area (Å²) in [5.41, 5.74) is 3.05. The fourth-order valence-corrected chi connectivity index (χ4v) is 3.98. The van der Waals surface area contributed by atoms with Crippen molar-refractivity contribution in [1.82, 2.24) is 5.16 Å². The molecule has 6 nitrogen and oxygen atoms in total. The van der Waals surface area contributed by atoms with Crippen LogP contribution in [-0.4, -0.2) is 22.6 Å². The van der Waals surface area contributed by atoms with Gasteiger partial charge < -0.3 is 19.1 Å². The van der Waals surface area contributed by atoms with Crippen molar-refractivity contribution in [3.8, 4) is 11.5 Å². The Morgan fingerprint density at radius 1 is 1.15 bits per heavy atom. The minimum atomic E-state index is -4.79. The summed E-state index contributed by atoms with van der Waals surface area (Å²) >= 11 is 0. The van der Waals surface area contributed by atoms with Crippen LogP contribution in [0.15, 0.2) is 65.4 Å². The first-order valence-electron chi connectivity index (χ1n) is 10.7. The number of ether oxygens (including phenoxy) is 2. The van der Waals surface area contributed by atoms with Gasteiger partial charge >= 0.3 is 12.3 Å². The number of carboxylic acids is 1. The smallest absolute Gasteiger partial charge is 0.489 e. The highest BCUT2D eigenvalue weighted by atomic mass is 19.4. The van der Waals surface area contributed by atoms with E-state index in [1.807, 2.05) is 6.08 Å². The molecule has 3 aromatic rings. The molecule has 0 amide bonds. The van der Waals surface area contributed by atoms with Gasteiger partial charge in [0.15, 0.2) is 0 Å². The fraction of sp³-hybridized carbons (Fsp3) is 0.280. The van der Waals surface area contributed by atoms with E-state index in [-0.39, 0.29) is 18.8 Å². The lowest BCUT2D eigenvalue weighted by Gasteiger charge is -2.16. The van der Waals surface area contributed by atoms with E-state index in [0.29, 0.717) is 29.0 Å². The molecule has 0 spiro atoms. The summed E-state index contributed by atoms with van der Waals surface area (Å²) in [6.07, 6.45) is 0.835. The normalized spacial score (nSPS) is 14.5. The van der Waals surface area contributed by atoms with E-state index in [1.54, 1.807) is 42.5 Å². The second-order valence-corrected chi connectivity index (χ2v) is 7.93. The third-order valence-electron chi connectivity index (χ3n) is 5.54. The molecule has 1 aliphatic carbocycles. The summed E-state index contributed by atoms with van der Waals surface area (Å²) in [7, 11) is 0. The topological polar surface area (TPSA) is 81.8 Å². The van der Waals surface area contributed by atoms with E-state index in [9.17, 15) is 23.1 Å². The average molecular weight is 473 g/mol. The standard InChI is InChI=1S/C25H22F3NO5/c26-25(27,28)34-23-13-16(5-10-20(23)17-3-1-2-4-17)15-32-19-8-6-18(7-9-19)21(14-24(30)31)22-11-12-33-29-22/h3,5-13,21H,1-2,4,14-15H2,(H,30,31). The van der Waals surface area contributed by atoms with E-state index < -0.39 is 18.2 Å². The maximum absolute atomic E-state index is 13.0. The number of carboxylic acid groups (broad SMARTS) is 1. The maximum Gasteiger partial charge on any atom is 0.573 e. The molecule has 1 aromatic heterocycles. The summed E-state index contributed by atoms with van der Waals surface area (Å²) in [5.74, 6) is -1.20. The Labute approximate surface area is 193 Å². The van der Waals surface area contributed by atoms with Crippen molar-refractivity contribution in [2.75, 3.05) is 0 Å². The van der Waals surface area contributed by atoms with Gasteiger partial charge in [0, 0.05) is 17.5 Å². The number of hydrogen-bond donors (Lipinski definition) is 1. The van der Waals surface area contributed by atoms with Crippen LogP contribution in [0.4, 0.5) is 13.2 Å². The van der Waals surface area contributed by atoms with E-state index in [2.05, 4.69) is 9.89 Å². The molecule has 2 aromatic carbocycles. The summed E-state index contributed by atoms with van der Waals surface area (Å²) in [6.45, 7) is 0.0364. The molecule has 9 heteroatoms. The number of halogens is 3. The van der Waals surface area contributed by atoms with Crippen LogP contribution in [-0.2, 0) is 11.4 Å². The van der Waals surface area contributed by atoms with E-state index >= 15 is 0 Å². The molecule has 0 bridgehead atoms. The highest BCUT2D eigenvalue weighted by Crippen LogP contribution is 2.37. The predicted molar refractivity (Wildman–Crippen MR) is 116 cm³/mol. The Hall–Kier alpha value is -3.75. The molecule has 0 saturated heterocycles. The third-order valence-corrected chi connectivity index (χ3v) is 5.54. The van der Waals surface area contributed by atoms with Crippen LogP contribution >= 0.6 is 0 Å². The molecule has 0 saturated carbocycles. The predicted octanol–water partition coefficient (Wildman–Crippen LogP) is 6.33. The molecular weight excluding hydrogens is 451 g/mol. The van der Waals surface area contributed by atoms with Crippen LogP contribution in [0.25, 0.3) is 5.57 Å². The number of hydrogen-bond acceptors (Lipinski definition) is 5. The molecule has 178 valence electrons. The lowest BCUT2D eigenvalue weighted by molar-refractivity contribution is -0.274. The highest BCUT2D eigenvalue weighted by Gasteiger charge is 2.32. The Morgan fingerprint density at radius 3 is 2.56 bits per heavy atom. The van der Waals surface area contributed by atoms with Crippen molar-refractivity contribution in [1.29, 1.82) is 0 Å². The minimum absolute atomic E-state index is 0.0364. The average Bonchev–Trinajstić information content (AvgIpc) is 3.50. The first-order chi connectivity index (χ1) is 16.3. The van der Waals surface area contributed by atoms with Gasteiger partial charge in [-0.1, -0.05) is 35.5 Å². The highest BCUT2D eigenvalue weighted by molar-refractivity contribution is 5.72. The summed E-state index contributed by atoms with van der Waals surface area (Å²) in [4.78, 5) is 11.3. The zero-order chi connectivity index (χ0) is 24.1. The van der Waals surface area contributed by atoms with Crippen LogP contribution in [0, 0.1) is 0 Å². The quantitative estimate of drug-likeness (QED) is 0.391. The maximum atomic E-state index is 13.0. The summed E-state index contributed by atoms with van der Waals surface area (Å²) in [6, 6.07) is 13.1. The van der Waals surface area contributed by atoms with Crippen LogP contribution in [0.5, 0.6) is 11.5 Å². The molecule has 4 rings (SSSR count). The van der Waals surface area contributed by atoms with Gasteiger partial charge in [-0.15, -0.1) is 13.2 Å². The van der Waals surface area contributed by atoms with E-state index in [1.165, 1.54) is 12.3 Å². The van der Waals surface area contributed by atoms with Gasteiger partial charge in [0.1, 0.15) is 24.4 Å². The van der Waals surface area contributed by atoms with Gasteiger partial charge in [0.2, 0.25) is 0 Å². The van der Waals surface area contributed by atoms with Gasteiger partial charge in [0.05, 0.1) is 12.1 Å². The van der Waals surface area contributed by atoms with Gasteiger partial charge in [-0.25, -0.2) is 0 Å². The monoisotopic (exact) mass is 473 g/mol. The molecule has 0 radical (unpaired) electrons. The lowest BCUT2D eigenvalue weighted by atomic mass is 9.92. The van der Waals surface area contributed by atoms with Crippen LogP contribution in [0.1, 0.15) is 54.0 Å². The molecule has 34 heavy (non-hydrogen) atoms. The van der Waals surface area contributed by atoms with E-state index in [4.69, 9.17) is 9.26 Å². The molecule has 1 atom stereocenters. The molecule has 0 aliphatic heterocycles. The van der Waals surface area contributed by atoms with Crippen molar-refractivity contribution in [3.63, 3.8) is 0 Å². The van der Waals surface area contributed by atoms with Crippen molar-refractivity contribution in [2.45, 2.75) is 44.6 Å². The van der Waals surface area contributed by atoms with Crippen LogP contribution < -0.4 is 9.47 Å². The third kappa shape index (κ3) is 5.98. The van der Waals surface area contributed by atoms with E-state index in [0.717, 1.165) is 24.0 Å². The summed E-state index contributed by atoms with van der Waals surface area (Å²) in [5, 5.41) is 13.1. The van der Waals surface area contributed by atoms with Crippen LogP contribution in [0.3, 0.4) is 0 Å². The number of rotatable bonds is 9. The number of aromatic nitrogens is 1. The number of aliphatic carboxylic acids is 1. The zero-order valence-electron chi connectivity index (χ0n) is 18.0. The fourth-order valence-electron chi connectivity index (χ4n) is 3.98. The summed E-state index contributed by atoms with van der Waals surface area (Å²) < 4.78 is 53.7. The Kier molecular flexibility index (Phi) is 6.90. The molecule has 1 aliphatic rings. The number of alkyl halides is 3. The first-order valence-corrected chi connectivity index (χ1v) is 10.7. The zero-order valence-corrected chi connectivity index (χ0v) is 18.0. The van der Waals surface area contributed by atoms with Gasteiger partial charge in [-0.3, -0.25) is 4.79 Å². The molecule has 1 heterocycles. The Balaban J connectivity index is 1.47. The van der Waals surface area contributed by atoms with Crippen LogP contribution in [0.2, 0.25) is 0 Å². The van der Waals surface area contributed by atoms with Gasteiger partial charge in [-0.05, 0) is 54.2 Å². The van der Waals surface area contributed by atoms with Crippen molar-refractivity contribution in [2.24, 2.45) is 0 Å². The molecular formula is C25H22F3NO5. The Morgan fingerprint density at radius 2 is 1.94 bits per heavy atom. The number of allylic oxidation sites excluding steroid dienone is 2. The van der Waals surface area contributed by atoms with Crippen molar-refractivity contribution in [3.05, 3.63) is 83.3 Å². The number of nitrogens with zero attached hydrogens (tertiary/aromatic N) is 1. The second-order valence-electron chi connectivity index (χ2n) is 7.93. The molecule has 1 unspecified atom stereocenters. The molecule has 1 N–H and O–H groups in total. The number of benzene rings is 2. The second kappa shape index (κ2) is 10.0. The first kappa shape index (κ1) is 23.4. The largest absolute Gasteiger partial charge is 0.573 e. The SMILES string of the molecule is O=C(O)CC(c1ccc(OCc2ccc(C3=CCCC3)c(OC(F)(F)F)c2)cc1)c1ccon1. The number of carbonyl (C=O) groups is 1. The van der Waals surface area contributed by atoms with Crippen molar-refractivity contribution < 1.29 is 37.1 Å². The Bertz CT molecular complexity index is 1150. The lowest BCUT2D eigenvalue weighted by Crippen LogP contribution is -2.18. The van der Waals surface area contributed by atoms with Gasteiger partial charge in [-0.2, -0.15) is 0 Å². The minimum Gasteiger partial charge on any atom is -0.489 e. The van der Waals surface area contributed by atoms with Gasteiger partial charge in [0.25, 0.3) is 0 Å².